The van der Waals surface area contributed by atoms with Crippen LogP contribution in [0.3, 0.4) is 0 Å². The molecule has 1 aromatic carbocycles. The third kappa shape index (κ3) is 1.88. The lowest BCUT2D eigenvalue weighted by Gasteiger charge is -2.13. The van der Waals surface area contributed by atoms with E-state index in [0.717, 1.165) is 27.7 Å². The van der Waals surface area contributed by atoms with E-state index in [1.54, 1.807) is 19.0 Å². The van der Waals surface area contributed by atoms with Crippen LogP contribution < -0.4 is 4.98 Å². The van der Waals surface area contributed by atoms with E-state index in [2.05, 4.69) is 4.98 Å². The molecule has 88 valence electrons. The number of nitrogens with zero attached hydrogens (tertiary/aromatic N) is 1. The number of rotatable bonds is 1. The Balaban J connectivity index is 2.76. The Morgan fingerprint density at radius 3 is 2.47 bits per heavy atom. The molecule has 1 heterocycles. The molecule has 0 aliphatic carbocycles. The maximum Gasteiger partial charge on any atom is 0.259 e. The van der Waals surface area contributed by atoms with Crippen LogP contribution >= 0.6 is 0 Å². The summed E-state index contributed by atoms with van der Waals surface area (Å²) in [6.07, 6.45) is 0. The maximum absolute atomic E-state index is 12.1. The van der Waals surface area contributed by atoms with E-state index in [1.165, 1.54) is 0 Å². The molecule has 17 heavy (non-hydrogen) atoms. The van der Waals surface area contributed by atoms with Crippen LogP contribution in [0.25, 0.3) is 10.9 Å². The number of aromatic nitrogens is 1. The first-order chi connectivity index (χ1) is 8.02. The van der Waals surface area contributed by atoms with Gasteiger partial charge in [-0.15, -0.1) is 0 Å². The second kappa shape index (κ2) is 4.17. The van der Waals surface area contributed by atoms with Crippen LogP contribution in [0.1, 0.15) is 21.6 Å². The summed E-state index contributed by atoms with van der Waals surface area (Å²) in [4.78, 5) is 17.0. The molecule has 0 aliphatic heterocycles. The SMILES string of the molecule is Cc1[nH+]c2ccccc2c(C)c1C(=O)N(C)C. The van der Waals surface area contributed by atoms with E-state index in [-0.39, 0.29) is 5.91 Å². The number of hydrogen-bond acceptors (Lipinski definition) is 1. The van der Waals surface area contributed by atoms with Crippen LogP contribution in [0.2, 0.25) is 0 Å². The van der Waals surface area contributed by atoms with Crippen molar-refractivity contribution in [3.63, 3.8) is 0 Å². The van der Waals surface area contributed by atoms with E-state index in [9.17, 15) is 4.79 Å². The fraction of sp³-hybridized carbons (Fsp3) is 0.286. The topological polar surface area (TPSA) is 34.5 Å². The molecule has 0 radical (unpaired) electrons. The average Bonchev–Trinajstić information content (AvgIpc) is 2.28. The molecule has 2 rings (SSSR count). The minimum Gasteiger partial charge on any atom is -0.345 e. The van der Waals surface area contributed by atoms with Crippen molar-refractivity contribution in [3.8, 4) is 0 Å². The summed E-state index contributed by atoms with van der Waals surface area (Å²) in [5.41, 5.74) is 3.79. The van der Waals surface area contributed by atoms with Crippen LogP contribution in [0.4, 0.5) is 0 Å². The van der Waals surface area contributed by atoms with E-state index in [0.29, 0.717) is 0 Å². The molecule has 3 nitrogen and oxygen atoms in total. The van der Waals surface area contributed by atoms with E-state index >= 15 is 0 Å². The summed E-state index contributed by atoms with van der Waals surface area (Å²) >= 11 is 0. The predicted molar refractivity (Wildman–Crippen MR) is 68.0 cm³/mol. The number of carbonyl (C=O) groups is 1. The van der Waals surface area contributed by atoms with Gasteiger partial charge in [0.05, 0.1) is 5.39 Å². The van der Waals surface area contributed by atoms with Crippen molar-refractivity contribution in [2.45, 2.75) is 13.8 Å². The molecule has 1 aromatic heterocycles. The Morgan fingerprint density at radius 2 is 1.82 bits per heavy atom. The lowest BCUT2D eigenvalue weighted by Crippen LogP contribution is -2.27. The van der Waals surface area contributed by atoms with Gasteiger partial charge in [-0.05, 0) is 18.6 Å². The van der Waals surface area contributed by atoms with Crippen LogP contribution in [-0.2, 0) is 0 Å². The zero-order valence-electron chi connectivity index (χ0n) is 10.7. The fourth-order valence-electron chi connectivity index (χ4n) is 2.14. The van der Waals surface area contributed by atoms with Crippen molar-refractivity contribution in [2.24, 2.45) is 0 Å². The highest BCUT2D eigenvalue weighted by atomic mass is 16.2. The van der Waals surface area contributed by atoms with E-state index in [1.807, 2.05) is 38.1 Å². The molecule has 0 aliphatic rings. The number of nitrogens with one attached hydrogen (secondary N) is 1. The zero-order chi connectivity index (χ0) is 12.6. The maximum atomic E-state index is 12.1. The van der Waals surface area contributed by atoms with Gasteiger partial charge in [-0.2, -0.15) is 0 Å². The van der Waals surface area contributed by atoms with Gasteiger partial charge in [0, 0.05) is 27.1 Å². The fourth-order valence-corrected chi connectivity index (χ4v) is 2.14. The highest BCUT2D eigenvalue weighted by Gasteiger charge is 2.21. The Morgan fingerprint density at radius 1 is 1.18 bits per heavy atom. The molecule has 0 saturated carbocycles. The summed E-state index contributed by atoms with van der Waals surface area (Å²) in [6.45, 7) is 3.94. The number of carbonyl (C=O) groups excluding carboxylic acids is 1. The Labute approximate surface area is 101 Å². The summed E-state index contributed by atoms with van der Waals surface area (Å²) in [5.74, 6) is 0.0435. The van der Waals surface area contributed by atoms with Crippen LogP contribution in [0.15, 0.2) is 24.3 Å². The second-order valence-corrected chi connectivity index (χ2v) is 4.50. The van der Waals surface area contributed by atoms with Crippen molar-refractivity contribution in [2.75, 3.05) is 14.1 Å². The van der Waals surface area contributed by atoms with E-state index in [4.69, 9.17) is 0 Å². The lowest BCUT2D eigenvalue weighted by molar-refractivity contribution is -0.355. The van der Waals surface area contributed by atoms with Gasteiger partial charge in [0.15, 0.2) is 5.69 Å². The summed E-state index contributed by atoms with van der Waals surface area (Å²) in [5, 5.41) is 1.10. The summed E-state index contributed by atoms with van der Waals surface area (Å²) in [7, 11) is 3.55. The third-order valence-corrected chi connectivity index (χ3v) is 3.02. The smallest absolute Gasteiger partial charge is 0.259 e. The lowest BCUT2D eigenvalue weighted by atomic mass is 10.0. The molecule has 0 fully saturated rings. The summed E-state index contributed by atoms with van der Waals surface area (Å²) in [6, 6.07) is 8.04. The molecule has 3 heteroatoms. The molecular formula is C14H17N2O+. The number of H-pyrrole nitrogens is 1. The molecule has 0 atom stereocenters. The number of hydrogen-bond donors (Lipinski definition) is 0. The highest BCUT2D eigenvalue weighted by molar-refractivity contribution is 5.99. The number of aryl methyl sites for hydroxylation is 2. The largest absolute Gasteiger partial charge is 0.345 e. The number of pyridine rings is 1. The molecule has 0 unspecified atom stereocenters. The number of fused-ring (bicyclic) bond motifs is 1. The second-order valence-electron chi connectivity index (χ2n) is 4.50. The highest BCUT2D eigenvalue weighted by Crippen LogP contribution is 2.20. The molecule has 0 bridgehead atoms. The van der Waals surface area contributed by atoms with Crippen molar-refractivity contribution in [1.82, 2.24) is 4.90 Å². The Bertz CT molecular complexity index is 588. The van der Waals surface area contributed by atoms with Gasteiger partial charge in [0.1, 0.15) is 5.56 Å². The Kier molecular flexibility index (Phi) is 2.84. The number of benzene rings is 1. The minimum atomic E-state index is 0.0435. The van der Waals surface area contributed by atoms with Crippen molar-refractivity contribution >= 4 is 16.8 Å². The number of amides is 1. The first-order valence-corrected chi connectivity index (χ1v) is 5.65. The quantitative estimate of drug-likeness (QED) is 0.736. The van der Waals surface area contributed by atoms with E-state index < -0.39 is 0 Å². The summed E-state index contributed by atoms with van der Waals surface area (Å²) < 4.78 is 0. The van der Waals surface area contributed by atoms with Gasteiger partial charge in [-0.25, -0.2) is 4.98 Å². The standard InChI is InChI=1S/C14H16N2O/c1-9-11-7-5-6-8-12(11)15-10(2)13(9)14(17)16(3)4/h5-8H,1-4H3/p+1. The van der Waals surface area contributed by atoms with Gasteiger partial charge >= 0.3 is 0 Å². The third-order valence-electron chi connectivity index (χ3n) is 3.02. The van der Waals surface area contributed by atoms with Gasteiger partial charge in [-0.3, -0.25) is 4.79 Å². The Hall–Kier alpha value is -1.90. The van der Waals surface area contributed by atoms with Crippen molar-refractivity contribution in [1.29, 1.82) is 0 Å². The normalized spacial score (nSPS) is 10.6. The molecule has 1 N–H and O–H groups in total. The number of para-hydroxylation sites is 1. The van der Waals surface area contributed by atoms with Crippen LogP contribution in [0.5, 0.6) is 0 Å². The minimum absolute atomic E-state index is 0.0435. The van der Waals surface area contributed by atoms with Gasteiger partial charge in [0.25, 0.3) is 5.91 Å². The first kappa shape index (κ1) is 11.6. The molecule has 2 aromatic rings. The molecular weight excluding hydrogens is 212 g/mol. The van der Waals surface area contributed by atoms with Crippen LogP contribution in [-0.4, -0.2) is 24.9 Å². The monoisotopic (exact) mass is 229 g/mol. The molecule has 1 amide bonds. The molecule has 0 saturated heterocycles. The van der Waals surface area contributed by atoms with Gasteiger partial charge < -0.3 is 4.90 Å². The predicted octanol–water partition coefficient (Wildman–Crippen LogP) is 1.97. The van der Waals surface area contributed by atoms with Crippen molar-refractivity contribution in [3.05, 3.63) is 41.1 Å². The first-order valence-electron chi connectivity index (χ1n) is 5.65. The van der Waals surface area contributed by atoms with Gasteiger partial charge in [0.2, 0.25) is 5.52 Å². The van der Waals surface area contributed by atoms with Crippen molar-refractivity contribution < 1.29 is 9.78 Å². The average molecular weight is 229 g/mol. The van der Waals surface area contributed by atoms with Gasteiger partial charge in [-0.1, -0.05) is 12.1 Å². The molecule has 0 spiro atoms. The zero-order valence-corrected chi connectivity index (χ0v) is 10.7. The van der Waals surface area contributed by atoms with Crippen LogP contribution in [0, 0.1) is 13.8 Å². The number of aromatic amines is 1.